The summed E-state index contributed by atoms with van der Waals surface area (Å²) in [4.78, 5) is 22.5. The smallest absolute Gasteiger partial charge is 0.384 e. The van der Waals surface area contributed by atoms with Gasteiger partial charge in [-0.1, -0.05) is 0 Å². The van der Waals surface area contributed by atoms with E-state index in [0.717, 1.165) is 0 Å². The average molecular weight is 910 g/mol. The van der Waals surface area contributed by atoms with Crippen LogP contribution in [0.25, 0.3) is 0 Å². The third-order valence-corrected chi connectivity index (χ3v) is 6.70. The Morgan fingerprint density at radius 3 is 0.509 bits per heavy atom. The largest absolute Gasteiger partial charge is 0.435 e. The van der Waals surface area contributed by atoms with Crippen LogP contribution in [0.3, 0.4) is 0 Å². The van der Waals surface area contributed by atoms with Crippen molar-refractivity contribution >= 4 is 11.9 Å². The van der Waals surface area contributed by atoms with Gasteiger partial charge in [-0.15, -0.1) is 0 Å². The highest BCUT2D eigenvalue weighted by molar-refractivity contribution is 5.94. The lowest BCUT2D eigenvalue weighted by Crippen LogP contribution is -2.81. The summed E-state index contributed by atoms with van der Waals surface area (Å²) in [5, 5.41) is 0. The number of rotatable bonds is 8. The van der Waals surface area contributed by atoms with E-state index < -0.39 is 107 Å². The van der Waals surface area contributed by atoms with Gasteiger partial charge in [0.1, 0.15) is 0 Å². The van der Waals surface area contributed by atoms with Crippen LogP contribution in [0.1, 0.15) is 0 Å². The van der Waals surface area contributed by atoms with Crippen molar-refractivity contribution in [3.05, 3.63) is 0 Å². The van der Waals surface area contributed by atoms with Crippen LogP contribution in [0.2, 0.25) is 0 Å². The standard InChI is InChI=1S/C18F34O3/c19-3(20,7(23,17(47,48)49)9(25,26)5(11(29,30)31,12(32,33)34)13(35,36)37)1(53)55-2(54)4(21,22)8(24,18(50,51)52)10(27,28)6(14(38,39)40,15(41,42)43)16(44,45)46. The van der Waals surface area contributed by atoms with Crippen LogP contribution < -0.4 is 0 Å². The maximum Gasteiger partial charge on any atom is 0.435 e. The number of alkyl halides is 34. The van der Waals surface area contributed by atoms with E-state index >= 15 is 0 Å². The number of ether oxygens (including phenoxy) is 1. The van der Waals surface area contributed by atoms with Gasteiger partial charge >= 0.3 is 107 Å². The molecule has 3 nitrogen and oxygen atoms in total. The Bertz CT molecular complexity index is 1260. The molecule has 0 fully saturated rings. The molecule has 37 heteroatoms. The second-order valence-electron chi connectivity index (χ2n) is 9.77. The van der Waals surface area contributed by atoms with Crippen LogP contribution >= 0.6 is 0 Å². The molecule has 0 aromatic carbocycles. The summed E-state index contributed by atoms with van der Waals surface area (Å²) in [5.41, 5.74) is -40.2. The number of esters is 2. The molecule has 2 atom stereocenters. The van der Waals surface area contributed by atoms with Crippen molar-refractivity contribution in [3.63, 3.8) is 0 Å². The lowest BCUT2D eigenvalue weighted by Gasteiger charge is -2.49. The Hall–Kier alpha value is -3.24. The zero-order chi connectivity index (χ0) is 45.9. The summed E-state index contributed by atoms with van der Waals surface area (Å²) < 4.78 is 458. The van der Waals surface area contributed by atoms with E-state index in [-0.39, 0.29) is 0 Å². The zero-order valence-corrected chi connectivity index (χ0v) is 23.1. The minimum absolute atomic E-state index is 1.18. The van der Waals surface area contributed by atoms with Gasteiger partial charge in [0.25, 0.3) is 0 Å². The fraction of sp³-hybridized carbons (Fsp3) is 0.889. The highest BCUT2D eigenvalue weighted by Gasteiger charge is 3.05. The molecular weight excluding hydrogens is 910 g/mol. The SMILES string of the molecule is O=C(OC(=O)C(F)(F)C(F)(C(F)(F)F)C(F)(F)C(C(F)(F)F)(C(F)(F)F)C(F)(F)F)C(F)(F)C(F)(C(F)(F)F)C(F)(F)C(C(F)(F)F)(C(F)(F)F)C(F)(F)F. The van der Waals surface area contributed by atoms with Crippen molar-refractivity contribution in [2.24, 2.45) is 10.8 Å². The molecule has 0 saturated heterocycles. The number of hydrogen-bond donors (Lipinski definition) is 0. The van der Waals surface area contributed by atoms with Crippen LogP contribution in [0.5, 0.6) is 0 Å². The van der Waals surface area contributed by atoms with Gasteiger partial charge in [-0.3, -0.25) is 0 Å². The van der Waals surface area contributed by atoms with Gasteiger partial charge in [0.2, 0.25) is 0 Å². The summed E-state index contributed by atoms with van der Waals surface area (Å²) in [7, 11) is 0. The Morgan fingerprint density at radius 2 is 0.400 bits per heavy atom. The molecule has 55 heavy (non-hydrogen) atoms. The molecule has 0 heterocycles. The topological polar surface area (TPSA) is 43.4 Å². The van der Waals surface area contributed by atoms with Crippen LogP contribution in [0.4, 0.5) is 149 Å². The molecule has 0 spiro atoms. The van der Waals surface area contributed by atoms with E-state index in [0.29, 0.717) is 0 Å². The van der Waals surface area contributed by atoms with Crippen LogP contribution in [0.15, 0.2) is 0 Å². The maximum atomic E-state index is 14.6. The van der Waals surface area contributed by atoms with Crippen molar-refractivity contribution in [2.75, 3.05) is 0 Å². The first kappa shape index (κ1) is 51.8. The minimum Gasteiger partial charge on any atom is -0.384 e. The van der Waals surface area contributed by atoms with E-state index in [4.69, 9.17) is 0 Å². The summed E-state index contributed by atoms with van der Waals surface area (Å²) in [6, 6.07) is 0. The molecular formula is C18F34O3. The van der Waals surface area contributed by atoms with Crippen molar-refractivity contribution < 1.29 is 164 Å². The van der Waals surface area contributed by atoms with Crippen LogP contribution in [-0.2, 0) is 14.3 Å². The molecule has 0 bridgehead atoms. The second-order valence-corrected chi connectivity index (χ2v) is 9.77. The van der Waals surface area contributed by atoms with E-state index in [2.05, 4.69) is 0 Å². The van der Waals surface area contributed by atoms with Gasteiger partial charge < -0.3 is 4.74 Å². The molecule has 2 unspecified atom stereocenters. The second kappa shape index (κ2) is 12.6. The summed E-state index contributed by atoms with van der Waals surface area (Å²) in [6.07, 6.45) is -75.2. The molecule has 0 aliphatic heterocycles. The lowest BCUT2D eigenvalue weighted by molar-refractivity contribution is -0.511. The van der Waals surface area contributed by atoms with E-state index in [1.54, 1.807) is 0 Å². The predicted molar refractivity (Wildman–Crippen MR) is 91.9 cm³/mol. The molecule has 0 N–H and O–H groups in total. The van der Waals surface area contributed by atoms with E-state index in [9.17, 15) is 159 Å². The summed E-state index contributed by atoms with van der Waals surface area (Å²) in [6.45, 7) is 0. The van der Waals surface area contributed by atoms with Crippen molar-refractivity contribution in [1.82, 2.24) is 0 Å². The molecule has 0 saturated carbocycles. The quantitative estimate of drug-likeness (QED) is 0.138. The lowest BCUT2D eigenvalue weighted by atomic mass is 9.68. The average Bonchev–Trinajstić information content (AvgIpc) is 2.79. The normalized spacial score (nSPS) is 18.4. The van der Waals surface area contributed by atoms with E-state index in [1.807, 2.05) is 0 Å². The van der Waals surface area contributed by atoms with Crippen molar-refractivity contribution in [3.8, 4) is 0 Å². The molecule has 0 rings (SSSR count). The van der Waals surface area contributed by atoms with Crippen LogP contribution in [-0.4, -0.2) is 96.4 Å². The molecule has 0 radical (unpaired) electrons. The van der Waals surface area contributed by atoms with Gasteiger partial charge in [-0.05, 0) is 0 Å². The van der Waals surface area contributed by atoms with Gasteiger partial charge in [-0.2, -0.15) is 123 Å². The monoisotopic (exact) mass is 910 g/mol. The number of carbonyl (C=O) groups excluding carboxylic acids is 2. The fourth-order valence-electron chi connectivity index (χ4n) is 4.15. The number of halogens is 34. The van der Waals surface area contributed by atoms with Gasteiger partial charge in [0, 0.05) is 0 Å². The first-order chi connectivity index (χ1) is 23.0. The molecule has 0 aliphatic carbocycles. The third kappa shape index (κ3) is 6.27. The van der Waals surface area contributed by atoms with E-state index in [1.165, 1.54) is 4.74 Å². The summed E-state index contributed by atoms with van der Waals surface area (Å²) in [5.74, 6) is -52.5. The van der Waals surface area contributed by atoms with Crippen molar-refractivity contribution in [2.45, 2.75) is 84.4 Å². The first-order valence-electron chi connectivity index (χ1n) is 11.2. The summed E-state index contributed by atoms with van der Waals surface area (Å²) >= 11 is 0. The highest BCUT2D eigenvalue weighted by atomic mass is 19.5. The minimum atomic E-state index is -10.3. The Labute approximate surface area is 272 Å². The Balaban J connectivity index is 8.39. The molecule has 0 amide bonds. The predicted octanol–water partition coefficient (Wildman–Crippen LogP) is 10.5. The molecule has 0 aromatic rings. The number of carbonyl (C=O) groups is 2. The Kier molecular flexibility index (Phi) is 11.9. The van der Waals surface area contributed by atoms with Crippen molar-refractivity contribution in [1.29, 1.82) is 0 Å². The van der Waals surface area contributed by atoms with Gasteiger partial charge in [-0.25, -0.2) is 35.9 Å². The third-order valence-electron chi connectivity index (χ3n) is 6.70. The maximum absolute atomic E-state index is 14.6. The van der Waals surface area contributed by atoms with Gasteiger partial charge in [0.15, 0.2) is 0 Å². The molecule has 0 aliphatic rings. The zero-order valence-electron chi connectivity index (χ0n) is 23.1. The first-order valence-corrected chi connectivity index (χ1v) is 11.2. The van der Waals surface area contributed by atoms with Gasteiger partial charge in [0.05, 0.1) is 0 Å². The highest BCUT2D eigenvalue weighted by Crippen LogP contribution is 2.74. The molecule has 0 aromatic heterocycles. The Morgan fingerprint density at radius 1 is 0.255 bits per heavy atom. The van der Waals surface area contributed by atoms with Crippen LogP contribution in [0, 0.1) is 10.8 Å². The fourth-order valence-corrected chi connectivity index (χ4v) is 4.15. The molecule has 328 valence electrons. The number of hydrogen-bond acceptors (Lipinski definition) is 3.